The van der Waals surface area contributed by atoms with Gasteiger partial charge in [0.05, 0.1) is 0 Å². The van der Waals surface area contributed by atoms with Gasteiger partial charge < -0.3 is 0 Å². The number of halogens is 1. The summed E-state index contributed by atoms with van der Waals surface area (Å²) in [7, 11) is 0. The smallest absolute Gasteiger partial charge is 0.0242 e. The topological polar surface area (TPSA) is 22.3 Å². The van der Waals surface area contributed by atoms with Gasteiger partial charge in [-0.05, 0) is 42.5 Å². The van der Waals surface area contributed by atoms with Crippen molar-refractivity contribution < 1.29 is 9.13 Å². The average molecular weight is 989 g/mol. The SMILES string of the molecule is Fc1ccc(-n2c3ccccc3c3cc(N(c4ccc(Oc5ccccc5)cc4)c4ccc5c(c4)c4c[c]([Ge]([c]6ccccc6)([c]6ccccc6)[c]6ccccc6)ccc4n5-c4ccccc4)ccc32)cc1. The minimum Gasteiger partial charge on any atom is -0.0351 e. The molecule has 342 valence electrons. The summed E-state index contributed by atoms with van der Waals surface area (Å²) in [5.74, 6) is 1.27. The van der Waals surface area contributed by atoms with E-state index < -0.39 is 13.3 Å². The third kappa shape index (κ3) is 7.36. The Morgan fingerprint density at radius 3 is 1.26 bits per heavy atom. The fraction of sp³-hybridized carbons (Fsp3) is 0. The van der Waals surface area contributed by atoms with E-state index in [0.29, 0.717) is 0 Å². The second kappa shape index (κ2) is 18.1. The van der Waals surface area contributed by atoms with Crippen LogP contribution in [0.2, 0.25) is 0 Å². The molecule has 2 aromatic heterocycles. The van der Waals surface area contributed by atoms with Crippen LogP contribution in [0, 0.1) is 5.82 Å². The molecular formula is C66H46FGeN3O. The van der Waals surface area contributed by atoms with Gasteiger partial charge in [0.25, 0.3) is 0 Å². The Balaban J connectivity index is 1.06. The van der Waals surface area contributed by atoms with Crippen LogP contribution >= 0.6 is 0 Å². The first-order chi connectivity index (χ1) is 35.6. The van der Waals surface area contributed by atoms with Gasteiger partial charge in [0, 0.05) is 5.69 Å². The van der Waals surface area contributed by atoms with Crippen molar-refractivity contribution in [3.05, 3.63) is 285 Å². The molecule has 0 bridgehead atoms. The fourth-order valence-corrected chi connectivity index (χ4v) is 21.0. The Bertz CT molecular complexity index is 3950. The quantitative estimate of drug-likeness (QED) is 0.121. The summed E-state index contributed by atoms with van der Waals surface area (Å²) in [6, 6.07) is 98.7. The maximum absolute atomic E-state index is 14.3. The second-order valence-electron chi connectivity index (χ2n) is 18.2. The number of hydrogen-bond donors (Lipinski definition) is 0. The first-order valence-electron chi connectivity index (χ1n) is 24.3. The predicted molar refractivity (Wildman–Crippen MR) is 300 cm³/mol. The molecular weight excluding hydrogens is 942 g/mol. The van der Waals surface area contributed by atoms with Crippen molar-refractivity contribution in [2.45, 2.75) is 0 Å². The first kappa shape index (κ1) is 43.1. The summed E-state index contributed by atoms with van der Waals surface area (Å²) in [6.07, 6.45) is 0. The van der Waals surface area contributed by atoms with E-state index in [1.54, 1.807) is 0 Å². The second-order valence-corrected chi connectivity index (χ2v) is 26.2. The maximum Gasteiger partial charge on any atom is -0.0242 e. The molecule has 13 rings (SSSR count). The molecule has 4 nitrogen and oxygen atoms in total. The van der Waals surface area contributed by atoms with Crippen LogP contribution in [0.15, 0.2) is 279 Å². The summed E-state index contributed by atoms with van der Waals surface area (Å²) >= 11 is -3.66. The Morgan fingerprint density at radius 1 is 0.306 bits per heavy atom. The Morgan fingerprint density at radius 2 is 0.708 bits per heavy atom. The molecule has 0 saturated carbocycles. The number of aromatic nitrogens is 2. The van der Waals surface area contributed by atoms with Gasteiger partial charge in [-0.15, -0.1) is 0 Å². The molecule has 72 heavy (non-hydrogen) atoms. The van der Waals surface area contributed by atoms with Crippen LogP contribution in [0.25, 0.3) is 55.0 Å². The van der Waals surface area contributed by atoms with Crippen molar-refractivity contribution in [1.82, 2.24) is 9.13 Å². The van der Waals surface area contributed by atoms with Crippen molar-refractivity contribution in [1.29, 1.82) is 0 Å². The van der Waals surface area contributed by atoms with Crippen LogP contribution in [0.1, 0.15) is 0 Å². The molecule has 13 aromatic rings. The largest absolute Gasteiger partial charge is 0.0351 e. The molecule has 0 saturated heterocycles. The molecule has 2 heterocycles. The minimum absolute atomic E-state index is 0.261. The number of benzene rings is 11. The molecule has 0 aliphatic rings. The maximum atomic E-state index is 14.3. The van der Waals surface area contributed by atoms with Crippen LogP contribution in [-0.2, 0) is 0 Å². The summed E-state index contributed by atoms with van der Waals surface area (Å²) in [4.78, 5) is 2.35. The van der Waals surface area contributed by atoms with Gasteiger partial charge >= 0.3 is 328 Å². The van der Waals surface area contributed by atoms with E-state index in [1.807, 2.05) is 54.6 Å². The van der Waals surface area contributed by atoms with Gasteiger partial charge in [-0.2, -0.15) is 0 Å². The molecule has 0 fully saturated rings. The van der Waals surface area contributed by atoms with Crippen LogP contribution in [0.4, 0.5) is 21.5 Å². The number of nitrogens with zero attached hydrogens (tertiary/aromatic N) is 3. The number of fused-ring (bicyclic) bond motifs is 6. The summed E-state index contributed by atoms with van der Waals surface area (Å²) in [6.45, 7) is 0. The molecule has 11 aromatic carbocycles. The van der Waals surface area contributed by atoms with E-state index in [2.05, 4.69) is 226 Å². The third-order valence-corrected chi connectivity index (χ3v) is 24.2. The molecule has 6 heteroatoms. The molecule has 0 aliphatic heterocycles. The van der Waals surface area contributed by atoms with E-state index in [9.17, 15) is 4.39 Å². The van der Waals surface area contributed by atoms with E-state index in [4.69, 9.17) is 4.74 Å². The third-order valence-electron chi connectivity index (χ3n) is 14.1. The standard InChI is InChI=1S/C66H46FGeN3O/c67-47-30-33-54(34-31-47)71-63-29-17-16-28-59(63)61-45-55(37-42-65(61)71)69(53-35-39-58(40-36-53)72-57-26-14-5-15-27-57)56-38-43-66-62(46-56)60-44-51(32-41-64(60)70(66)52-24-12-4-13-25-52)68(48-18-6-1-7-19-48,49-20-8-2-9-21-49)50-22-10-3-11-23-50/h1-46H. The number of anilines is 3. The summed E-state index contributed by atoms with van der Waals surface area (Å²) in [5, 5.41) is 4.55. The van der Waals surface area contributed by atoms with Gasteiger partial charge in [0.2, 0.25) is 0 Å². The first-order valence-corrected chi connectivity index (χ1v) is 28.5. The summed E-state index contributed by atoms with van der Waals surface area (Å²) in [5.41, 5.74) is 9.37. The van der Waals surface area contributed by atoms with E-state index in [-0.39, 0.29) is 5.82 Å². The number of hydrogen-bond acceptors (Lipinski definition) is 2. The average Bonchev–Trinajstić information content (AvgIpc) is 3.95. The van der Waals surface area contributed by atoms with Crippen molar-refractivity contribution >= 4 is 91.5 Å². The van der Waals surface area contributed by atoms with Crippen molar-refractivity contribution in [3.63, 3.8) is 0 Å². The molecule has 0 radical (unpaired) electrons. The van der Waals surface area contributed by atoms with E-state index in [1.165, 1.54) is 35.1 Å². The number of para-hydroxylation sites is 3. The minimum atomic E-state index is -3.66. The Kier molecular flexibility index (Phi) is 10.9. The van der Waals surface area contributed by atoms with Gasteiger partial charge in [-0.3, -0.25) is 0 Å². The molecule has 0 unspecified atom stereocenters. The Labute approximate surface area is 420 Å². The van der Waals surface area contributed by atoms with Gasteiger partial charge in [-0.1, -0.05) is 30.3 Å². The van der Waals surface area contributed by atoms with Crippen LogP contribution in [0.5, 0.6) is 11.5 Å². The number of ether oxygens (including phenoxy) is 1. The molecule has 0 spiro atoms. The Hall–Kier alpha value is -8.91. The monoisotopic (exact) mass is 989 g/mol. The van der Waals surface area contributed by atoms with E-state index in [0.717, 1.165) is 78.2 Å². The van der Waals surface area contributed by atoms with Crippen LogP contribution in [-0.4, -0.2) is 22.4 Å². The predicted octanol–water partition coefficient (Wildman–Crippen LogP) is 14.7. The molecule has 0 aliphatic carbocycles. The van der Waals surface area contributed by atoms with Crippen LogP contribution < -0.4 is 27.2 Å². The van der Waals surface area contributed by atoms with Gasteiger partial charge in [-0.25, -0.2) is 4.39 Å². The van der Waals surface area contributed by atoms with Crippen molar-refractivity contribution in [2.75, 3.05) is 4.90 Å². The number of rotatable bonds is 11. The van der Waals surface area contributed by atoms with Crippen LogP contribution in [0.3, 0.4) is 0 Å². The zero-order valence-corrected chi connectivity index (χ0v) is 41.3. The van der Waals surface area contributed by atoms with Gasteiger partial charge in [0.15, 0.2) is 0 Å². The zero-order valence-electron chi connectivity index (χ0n) is 39.2. The summed E-state index contributed by atoms with van der Waals surface area (Å²) < 4.78 is 30.7. The fourth-order valence-electron chi connectivity index (χ4n) is 11.0. The normalized spacial score (nSPS) is 11.7. The van der Waals surface area contributed by atoms with Crippen molar-refractivity contribution in [2.24, 2.45) is 0 Å². The zero-order chi connectivity index (χ0) is 48.0. The van der Waals surface area contributed by atoms with Crippen molar-refractivity contribution in [3.8, 4) is 22.9 Å². The molecule has 0 atom stereocenters. The van der Waals surface area contributed by atoms with E-state index >= 15 is 0 Å². The van der Waals surface area contributed by atoms with Gasteiger partial charge in [0.1, 0.15) is 11.6 Å². The molecule has 0 amide bonds. The molecule has 0 N–H and O–H groups in total.